The maximum Gasteiger partial charge on any atom is 0.221 e. The summed E-state index contributed by atoms with van der Waals surface area (Å²) in [5.41, 5.74) is 5.41. The Morgan fingerprint density at radius 2 is 2.05 bits per heavy atom. The van der Waals surface area contributed by atoms with Gasteiger partial charge in [0.2, 0.25) is 5.91 Å². The largest absolute Gasteiger partial charge is 0.354 e. The zero-order valence-electron chi connectivity index (χ0n) is 12.6. The molecule has 2 saturated heterocycles. The van der Waals surface area contributed by atoms with E-state index >= 15 is 0 Å². The summed E-state index contributed by atoms with van der Waals surface area (Å²) in [5.74, 6) is 0.927. The van der Waals surface area contributed by atoms with Crippen LogP contribution in [0, 0.1) is 5.92 Å². The van der Waals surface area contributed by atoms with Gasteiger partial charge in [-0.3, -0.25) is 9.69 Å². The lowest BCUT2D eigenvalue weighted by atomic mass is 9.94. The molecular weight excluding hydrogens is 252 g/mol. The molecule has 1 amide bonds. The third-order valence-electron chi connectivity index (χ3n) is 4.61. The Morgan fingerprint density at radius 1 is 1.25 bits per heavy atom. The van der Waals surface area contributed by atoms with Crippen LogP contribution < -0.4 is 16.4 Å². The van der Waals surface area contributed by atoms with Gasteiger partial charge in [0.25, 0.3) is 0 Å². The lowest BCUT2D eigenvalue weighted by molar-refractivity contribution is -0.121. The summed E-state index contributed by atoms with van der Waals surface area (Å²) in [5, 5.41) is 6.48. The summed E-state index contributed by atoms with van der Waals surface area (Å²) in [7, 11) is 0. The van der Waals surface area contributed by atoms with Gasteiger partial charge in [-0.1, -0.05) is 6.42 Å². The monoisotopic (exact) mass is 282 g/mol. The van der Waals surface area contributed by atoms with Crippen LogP contribution in [0.2, 0.25) is 0 Å². The van der Waals surface area contributed by atoms with Gasteiger partial charge in [0, 0.05) is 32.1 Å². The topological polar surface area (TPSA) is 70.4 Å². The van der Waals surface area contributed by atoms with Crippen LogP contribution in [0.25, 0.3) is 0 Å². The Hall–Kier alpha value is -0.650. The second-order valence-electron chi connectivity index (χ2n) is 6.18. The molecule has 0 aromatic rings. The van der Waals surface area contributed by atoms with Gasteiger partial charge in [-0.15, -0.1) is 0 Å². The van der Waals surface area contributed by atoms with Crippen molar-refractivity contribution in [2.75, 3.05) is 39.3 Å². The van der Waals surface area contributed by atoms with E-state index in [-0.39, 0.29) is 5.91 Å². The number of hydrogen-bond donors (Lipinski definition) is 3. The van der Waals surface area contributed by atoms with Crippen molar-refractivity contribution in [3.63, 3.8) is 0 Å². The molecule has 1 atom stereocenters. The third kappa shape index (κ3) is 5.04. The number of piperidine rings is 2. The maximum atomic E-state index is 11.6. The molecule has 2 rings (SSSR count). The molecule has 5 nitrogen and oxygen atoms in total. The van der Waals surface area contributed by atoms with Crippen molar-refractivity contribution in [3.8, 4) is 0 Å². The summed E-state index contributed by atoms with van der Waals surface area (Å²) < 4.78 is 0. The molecule has 5 heteroatoms. The van der Waals surface area contributed by atoms with Crippen LogP contribution in [0.5, 0.6) is 0 Å². The number of nitrogens with two attached hydrogens (primary N) is 1. The number of nitrogens with one attached hydrogen (secondary N) is 2. The summed E-state index contributed by atoms with van der Waals surface area (Å²) in [6.45, 7) is 5.96. The maximum absolute atomic E-state index is 11.6. The van der Waals surface area contributed by atoms with Crippen molar-refractivity contribution in [1.82, 2.24) is 15.5 Å². The van der Waals surface area contributed by atoms with Crippen molar-refractivity contribution in [2.24, 2.45) is 11.7 Å². The van der Waals surface area contributed by atoms with Crippen LogP contribution in [0.3, 0.4) is 0 Å². The Kier molecular flexibility index (Phi) is 6.76. The molecule has 0 aromatic carbocycles. The van der Waals surface area contributed by atoms with Crippen LogP contribution >= 0.6 is 0 Å². The van der Waals surface area contributed by atoms with Crippen LogP contribution in [0.15, 0.2) is 0 Å². The van der Waals surface area contributed by atoms with E-state index in [1.54, 1.807) is 0 Å². The molecule has 0 aliphatic carbocycles. The highest BCUT2D eigenvalue weighted by molar-refractivity contribution is 5.76. The molecule has 2 heterocycles. The zero-order chi connectivity index (χ0) is 14.2. The summed E-state index contributed by atoms with van der Waals surface area (Å²) in [6.07, 6.45) is 6.85. The molecule has 2 aliphatic rings. The van der Waals surface area contributed by atoms with E-state index in [0.29, 0.717) is 19.0 Å². The minimum Gasteiger partial charge on any atom is -0.354 e. The van der Waals surface area contributed by atoms with Gasteiger partial charge in [-0.2, -0.15) is 0 Å². The smallest absolute Gasteiger partial charge is 0.221 e. The molecule has 1 unspecified atom stereocenters. The van der Waals surface area contributed by atoms with E-state index in [2.05, 4.69) is 15.5 Å². The highest BCUT2D eigenvalue weighted by Crippen LogP contribution is 2.21. The minimum absolute atomic E-state index is 0.0971. The number of amides is 1. The number of hydrogen-bond acceptors (Lipinski definition) is 4. The van der Waals surface area contributed by atoms with Gasteiger partial charge in [-0.05, 0) is 51.2 Å². The predicted octanol–water partition coefficient (Wildman–Crippen LogP) is 0.306. The fourth-order valence-corrected chi connectivity index (χ4v) is 3.38. The highest BCUT2D eigenvalue weighted by Gasteiger charge is 2.25. The van der Waals surface area contributed by atoms with E-state index in [4.69, 9.17) is 5.73 Å². The van der Waals surface area contributed by atoms with Gasteiger partial charge < -0.3 is 16.4 Å². The van der Waals surface area contributed by atoms with Crippen LogP contribution in [-0.4, -0.2) is 56.1 Å². The van der Waals surface area contributed by atoms with E-state index < -0.39 is 0 Å². The average molecular weight is 282 g/mol. The zero-order valence-corrected chi connectivity index (χ0v) is 12.6. The van der Waals surface area contributed by atoms with Crippen molar-refractivity contribution < 1.29 is 4.79 Å². The molecule has 2 fully saturated rings. The van der Waals surface area contributed by atoms with E-state index in [0.717, 1.165) is 25.6 Å². The Labute approximate surface area is 122 Å². The molecule has 0 spiro atoms. The number of nitrogens with zero attached hydrogens (tertiary/aromatic N) is 1. The minimum atomic E-state index is 0.0971. The lowest BCUT2D eigenvalue weighted by Gasteiger charge is -2.39. The van der Waals surface area contributed by atoms with Crippen LogP contribution in [0.4, 0.5) is 0 Å². The lowest BCUT2D eigenvalue weighted by Crippen LogP contribution is -2.49. The van der Waals surface area contributed by atoms with E-state index in [1.807, 2.05) is 0 Å². The summed E-state index contributed by atoms with van der Waals surface area (Å²) >= 11 is 0. The standard InChI is InChI=1S/C15H30N4O/c16-7-4-15(20)18-11-14-3-1-2-10-19(14)12-13-5-8-17-9-6-13/h13-14,17H,1-12,16H2,(H,18,20). The number of carbonyl (C=O) groups excluding carboxylic acids is 1. The predicted molar refractivity (Wildman–Crippen MR) is 81.5 cm³/mol. The fourth-order valence-electron chi connectivity index (χ4n) is 3.38. The number of rotatable bonds is 6. The van der Waals surface area contributed by atoms with Gasteiger partial charge in [0.1, 0.15) is 0 Å². The van der Waals surface area contributed by atoms with Crippen LogP contribution in [-0.2, 0) is 4.79 Å². The number of likely N-dealkylation sites (tertiary alicyclic amines) is 1. The number of carbonyl (C=O) groups is 1. The summed E-state index contributed by atoms with van der Waals surface area (Å²) in [6, 6.07) is 0.528. The molecule has 2 aliphatic heterocycles. The molecule has 0 saturated carbocycles. The van der Waals surface area contributed by atoms with Gasteiger partial charge in [0.15, 0.2) is 0 Å². The fraction of sp³-hybridized carbons (Fsp3) is 0.933. The van der Waals surface area contributed by atoms with E-state index in [1.165, 1.54) is 45.2 Å². The van der Waals surface area contributed by atoms with Crippen molar-refractivity contribution in [1.29, 1.82) is 0 Å². The average Bonchev–Trinajstić information content (AvgIpc) is 2.48. The molecule has 0 aromatic heterocycles. The van der Waals surface area contributed by atoms with E-state index in [9.17, 15) is 4.79 Å². The first kappa shape index (κ1) is 15.7. The van der Waals surface area contributed by atoms with Gasteiger partial charge >= 0.3 is 0 Å². The quantitative estimate of drug-likeness (QED) is 0.655. The molecule has 0 radical (unpaired) electrons. The first-order chi connectivity index (χ1) is 9.79. The Balaban J connectivity index is 1.76. The SMILES string of the molecule is NCCC(=O)NCC1CCCCN1CC1CCNCC1. The molecular formula is C15H30N4O. The summed E-state index contributed by atoms with van der Waals surface area (Å²) in [4.78, 5) is 14.2. The molecule has 20 heavy (non-hydrogen) atoms. The second kappa shape index (κ2) is 8.60. The Morgan fingerprint density at radius 3 is 2.80 bits per heavy atom. The normalized spacial score (nSPS) is 25.6. The van der Waals surface area contributed by atoms with Gasteiger partial charge in [-0.25, -0.2) is 0 Å². The molecule has 4 N–H and O–H groups in total. The van der Waals surface area contributed by atoms with Crippen molar-refractivity contribution in [2.45, 2.75) is 44.6 Å². The molecule has 0 bridgehead atoms. The Bertz CT molecular complexity index is 292. The highest BCUT2D eigenvalue weighted by atomic mass is 16.1. The first-order valence-corrected chi connectivity index (χ1v) is 8.21. The molecule has 116 valence electrons. The second-order valence-corrected chi connectivity index (χ2v) is 6.18. The van der Waals surface area contributed by atoms with Crippen molar-refractivity contribution in [3.05, 3.63) is 0 Å². The van der Waals surface area contributed by atoms with Gasteiger partial charge in [0.05, 0.1) is 0 Å². The van der Waals surface area contributed by atoms with Crippen LogP contribution in [0.1, 0.15) is 38.5 Å². The third-order valence-corrected chi connectivity index (χ3v) is 4.61. The first-order valence-electron chi connectivity index (χ1n) is 8.21. The van der Waals surface area contributed by atoms with Crippen molar-refractivity contribution >= 4 is 5.91 Å².